The number of para-hydroxylation sites is 1. The van der Waals surface area contributed by atoms with Crippen LogP contribution in [0.2, 0.25) is 0 Å². The van der Waals surface area contributed by atoms with Crippen LogP contribution in [-0.2, 0) is 6.42 Å². The SMILES string of the molecule is CC1C[N@@]1CCCc1c[nH]c2ccccc12. The van der Waals surface area contributed by atoms with E-state index >= 15 is 0 Å². The van der Waals surface area contributed by atoms with Crippen molar-refractivity contribution in [2.75, 3.05) is 13.1 Å². The lowest BCUT2D eigenvalue weighted by Gasteiger charge is -2.01. The molecule has 1 aliphatic rings. The molecule has 1 aromatic carbocycles. The van der Waals surface area contributed by atoms with E-state index < -0.39 is 0 Å². The van der Waals surface area contributed by atoms with E-state index in [-0.39, 0.29) is 0 Å². The number of nitrogens with one attached hydrogen (secondary N) is 1. The smallest absolute Gasteiger partial charge is 0.0456 e. The molecule has 1 saturated heterocycles. The minimum absolute atomic E-state index is 0.836. The normalized spacial score (nSPS) is 23.8. The standard InChI is InChI=1S/C14H18N2/c1-11-10-16(11)8-4-5-12-9-15-14-7-3-2-6-13(12)14/h2-3,6-7,9,11,15H,4-5,8,10H2,1H3/t11?,16-/m1/s1. The molecule has 3 rings (SSSR count). The predicted molar refractivity (Wildman–Crippen MR) is 67.7 cm³/mol. The van der Waals surface area contributed by atoms with Crippen molar-refractivity contribution in [3.05, 3.63) is 36.0 Å². The molecule has 2 heteroatoms. The molecule has 1 N–H and O–H groups in total. The molecular formula is C14H18N2. The van der Waals surface area contributed by atoms with Gasteiger partial charge >= 0.3 is 0 Å². The van der Waals surface area contributed by atoms with Crippen molar-refractivity contribution in [2.45, 2.75) is 25.8 Å². The van der Waals surface area contributed by atoms with Gasteiger partial charge in [-0.05, 0) is 37.9 Å². The maximum absolute atomic E-state index is 3.34. The largest absolute Gasteiger partial charge is 0.361 e. The Labute approximate surface area is 96.3 Å². The van der Waals surface area contributed by atoms with Crippen LogP contribution in [0.15, 0.2) is 30.5 Å². The van der Waals surface area contributed by atoms with Crippen LogP contribution in [0.5, 0.6) is 0 Å². The fourth-order valence-corrected chi connectivity index (χ4v) is 2.41. The minimum Gasteiger partial charge on any atom is -0.361 e. The summed E-state index contributed by atoms with van der Waals surface area (Å²) in [6, 6.07) is 9.39. The molecule has 2 atom stereocenters. The van der Waals surface area contributed by atoms with Crippen LogP contribution in [0.1, 0.15) is 18.9 Å². The van der Waals surface area contributed by atoms with Crippen molar-refractivity contribution in [1.29, 1.82) is 0 Å². The summed E-state index contributed by atoms with van der Waals surface area (Å²) in [5, 5.41) is 1.39. The van der Waals surface area contributed by atoms with Crippen molar-refractivity contribution in [2.24, 2.45) is 0 Å². The highest BCUT2D eigenvalue weighted by atomic mass is 15.3. The van der Waals surface area contributed by atoms with Gasteiger partial charge in [-0.2, -0.15) is 0 Å². The van der Waals surface area contributed by atoms with Crippen LogP contribution in [0.3, 0.4) is 0 Å². The first-order valence-electron chi connectivity index (χ1n) is 6.13. The molecular weight excluding hydrogens is 196 g/mol. The summed E-state index contributed by atoms with van der Waals surface area (Å²) in [5.74, 6) is 0. The molecule has 0 spiro atoms. The molecule has 2 heterocycles. The second-order valence-corrected chi connectivity index (χ2v) is 4.81. The summed E-state index contributed by atoms with van der Waals surface area (Å²) in [6.45, 7) is 4.85. The Bertz CT molecular complexity index is 486. The molecule has 0 amide bonds. The zero-order valence-corrected chi connectivity index (χ0v) is 9.74. The van der Waals surface area contributed by atoms with Crippen molar-refractivity contribution < 1.29 is 0 Å². The highest BCUT2D eigenvalue weighted by Gasteiger charge is 2.27. The van der Waals surface area contributed by atoms with Gasteiger partial charge < -0.3 is 4.98 Å². The quantitative estimate of drug-likeness (QED) is 0.775. The van der Waals surface area contributed by atoms with Crippen molar-refractivity contribution in [3.8, 4) is 0 Å². The van der Waals surface area contributed by atoms with E-state index in [1.54, 1.807) is 0 Å². The molecule has 16 heavy (non-hydrogen) atoms. The first kappa shape index (κ1) is 9.91. The lowest BCUT2D eigenvalue weighted by atomic mass is 10.1. The van der Waals surface area contributed by atoms with E-state index in [0.29, 0.717) is 0 Å². The summed E-state index contributed by atoms with van der Waals surface area (Å²) in [4.78, 5) is 5.86. The van der Waals surface area contributed by atoms with Crippen molar-refractivity contribution in [3.63, 3.8) is 0 Å². The second kappa shape index (κ2) is 3.95. The van der Waals surface area contributed by atoms with Crippen LogP contribution in [0.4, 0.5) is 0 Å². The Morgan fingerprint density at radius 2 is 2.19 bits per heavy atom. The van der Waals surface area contributed by atoms with Crippen LogP contribution >= 0.6 is 0 Å². The third-order valence-electron chi connectivity index (χ3n) is 3.55. The number of H-pyrrole nitrogens is 1. The summed E-state index contributed by atoms with van der Waals surface area (Å²) in [5.41, 5.74) is 2.72. The molecule has 0 bridgehead atoms. The van der Waals surface area contributed by atoms with Gasteiger partial charge in [0.15, 0.2) is 0 Å². The molecule has 1 unspecified atom stereocenters. The molecule has 0 radical (unpaired) electrons. The average molecular weight is 214 g/mol. The van der Waals surface area contributed by atoms with Gasteiger partial charge in [-0.15, -0.1) is 0 Å². The van der Waals surface area contributed by atoms with Gasteiger partial charge in [0.1, 0.15) is 0 Å². The number of hydrogen-bond donors (Lipinski definition) is 1. The molecule has 1 aliphatic heterocycles. The van der Waals surface area contributed by atoms with Crippen LogP contribution in [-0.4, -0.2) is 29.0 Å². The molecule has 0 aliphatic carbocycles. The number of hydrogen-bond acceptors (Lipinski definition) is 1. The zero-order chi connectivity index (χ0) is 11.0. The van der Waals surface area contributed by atoms with Gasteiger partial charge in [0.25, 0.3) is 0 Å². The van der Waals surface area contributed by atoms with Gasteiger partial charge in [0, 0.05) is 29.7 Å². The van der Waals surface area contributed by atoms with Crippen LogP contribution < -0.4 is 0 Å². The highest BCUT2D eigenvalue weighted by Crippen LogP contribution is 2.21. The molecule has 2 aromatic rings. The predicted octanol–water partition coefficient (Wildman–Crippen LogP) is 2.80. The summed E-state index contributed by atoms with van der Waals surface area (Å²) in [6.07, 6.45) is 4.62. The zero-order valence-electron chi connectivity index (χ0n) is 9.74. The minimum atomic E-state index is 0.836. The molecule has 84 valence electrons. The van der Waals surface area contributed by atoms with Gasteiger partial charge in [-0.3, -0.25) is 4.90 Å². The first-order valence-corrected chi connectivity index (χ1v) is 6.13. The summed E-state index contributed by atoms with van der Waals surface area (Å²) >= 11 is 0. The number of benzene rings is 1. The fourth-order valence-electron chi connectivity index (χ4n) is 2.41. The Balaban J connectivity index is 1.65. The molecule has 1 aromatic heterocycles. The second-order valence-electron chi connectivity index (χ2n) is 4.81. The average Bonchev–Trinajstić information content (AvgIpc) is 2.86. The monoisotopic (exact) mass is 214 g/mol. The highest BCUT2D eigenvalue weighted by molar-refractivity contribution is 5.82. The molecule has 1 fully saturated rings. The molecule has 2 nitrogen and oxygen atoms in total. The number of nitrogens with zero attached hydrogens (tertiary/aromatic N) is 1. The van der Waals surface area contributed by atoms with Gasteiger partial charge in [-0.25, -0.2) is 0 Å². The van der Waals surface area contributed by atoms with Gasteiger partial charge in [0.05, 0.1) is 0 Å². The van der Waals surface area contributed by atoms with Gasteiger partial charge in [0.2, 0.25) is 0 Å². The maximum Gasteiger partial charge on any atom is 0.0456 e. The summed E-state index contributed by atoms with van der Waals surface area (Å²) in [7, 11) is 0. The topological polar surface area (TPSA) is 18.8 Å². The van der Waals surface area contributed by atoms with Crippen molar-refractivity contribution in [1.82, 2.24) is 9.88 Å². The lowest BCUT2D eigenvalue weighted by molar-refractivity contribution is 0.501. The van der Waals surface area contributed by atoms with Crippen molar-refractivity contribution >= 4 is 10.9 Å². The van der Waals surface area contributed by atoms with E-state index in [2.05, 4.69) is 47.3 Å². The Morgan fingerprint density at radius 1 is 1.38 bits per heavy atom. The van der Waals surface area contributed by atoms with E-state index in [1.807, 2.05) is 0 Å². The Kier molecular flexibility index (Phi) is 2.44. The van der Waals surface area contributed by atoms with Gasteiger partial charge in [-0.1, -0.05) is 18.2 Å². The number of rotatable bonds is 4. The third-order valence-corrected chi connectivity index (χ3v) is 3.55. The van der Waals surface area contributed by atoms with E-state index in [9.17, 15) is 0 Å². The Hall–Kier alpha value is -1.28. The number of aryl methyl sites for hydroxylation is 1. The first-order chi connectivity index (χ1) is 7.84. The third kappa shape index (κ3) is 1.85. The number of aromatic amines is 1. The Morgan fingerprint density at radius 3 is 3.00 bits per heavy atom. The van der Waals surface area contributed by atoms with E-state index in [0.717, 1.165) is 6.04 Å². The lowest BCUT2D eigenvalue weighted by Crippen LogP contribution is -2.03. The molecule has 0 saturated carbocycles. The van der Waals surface area contributed by atoms with Crippen LogP contribution in [0.25, 0.3) is 10.9 Å². The van der Waals surface area contributed by atoms with E-state index in [4.69, 9.17) is 0 Å². The number of fused-ring (bicyclic) bond motifs is 1. The fraction of sp³-hybridized carbons (Fsp3) is 0.429. The summed E-state index contributed by atoms with van der Waals surface area (Å²) < 4.78 is 0. The maximum atomic E-state index is 3.34. The van der Waals surface area contributed by atoms with Crippen LogP contribution in [0, 0.1) is 0 Å². The van der Waals surface area contributed by atoms with E-state index in [1.165, 1.54) is 42.4 Å². The number of aromatic nitrogens is 1.